The maximum absolute atomic E-state index is 12.0. The molecule has 0 aliphatic rings. The first-order valence-corrected chi connectivity index (χ1v) is 9.63. The van der Waals surface area contributed by atoms with E-state index in [0.29, 0.717) is 17.2 Å². The van der Waals surface area contributed by atoms with Gasteiger partial charge >= 0.3 is 0 Å². The molecule has 0 bridgehead atoms. The Morgan fingerprint density at radius 3 is 2.48 bits per heavy atom. The predicted molar refractivity (Wildman–Crippen MR) is 112 cm³/mol. The summed E-state index contributed by atoms with van der Waals surface area (Å²) in [7, 11) is 0. The molecule has 138 valence electrons. The lowest BCUT2D eigenvalue weighted by molar-refractivity contribution is 0.100. The number of thiophene rings is 1. The minimum absolute atomic E-state index is 0.443. The summed E-state index contributed by atoms with van der Waals surface area (Å²) < 4.78 is 5.45. The van der Waals surface area contributed by atoms with Gasteiger partial charge in [-0.2, -0.15) is 0 Å². The van der Waals surface area contributed by atoms with E-state index in [0.717, 1.165) is 28.2 Å². The Bertz CT molecular complexity index is 944. The van der Waals surface area contributed by atoms with Gasteiger partial charge in [0.25, 0.3) is 5.91 Å². The van der Waals surface area contributed by atoms with Gasteiger partial charge in [0.15, 0.2) is 0 Å². The number of amides is 1. The number of rotatable bonds is 7. The van der Waals surface area contributed by atoms with Crippen LogP contribution in [0.15, 0.2) is 59.6 Å². The molecular formula is C22H22N2O2S. The van der Waals surface area contributed by atoms with Crippen molar-refractivity contribution in [3.05, 3.63) is 81.7 Å². The summed E-state index contributed by atoms with van der Waals surface area (Å²) >= 11 is 1.52. The van der Waals surface area contributed by atoms with Crippen molar-refractivity contribution in [2.45, 2.75) is 20.3 Å². The number of carbonyl (C=O) groups is 1. The third-order valence-electron chi connectivity index (χ3n) is 4.20. The van der Waals surface area contributed by atoms with Crippen LogP contribution >= 0.6 is 11.3 Å². The third kappa shape index (κ3) is 4.63. The molecule has 0 aliphatic carbocycles. The maximum Gasteiger partial charge on any atom is 0.252 e. The zero-order chi connectivity index (χ0) is 19.2. The van der Waals surface area contributed by atoms with E-state index >= 15 is 0 Å². The molecule has 0 saturated carbocycles. The van der Waals surface area contributed by atoms with E-state index in [-0.39, 0.29) is 0 Å². The molecule has 1 amide bonds. The Hall–Kier alpha value is -2.92. The fraction of sp³-hybridized carbons (Fsp3) is 0.182. The zero-order valence-corrected chi connectivity index (χ0v) is 16.3. The molecule has 0 atom stereocenters. The quantitative estimate of drug-likeness (QED) is 0.595. The van der Waals surface area contributed by atoms with Crippen LogP contribution in [0, 0.1) is 6.92 Å². The van der Waals surface area contributed by atoms with Crippen LogP contribution in [0.1, 0.15) is 38.8 Å². The Kier molecular flexibility index (Phi) is 6.04. The van der Waals surface area contributed by atoms with E-state index in [9.17, 15) is 4.79 Å². The fourth-order valence-electron chi connectivity index (χ4n) is 2.83. The Morgan fingerprint density at radius 2 is 1.85 bits per heavy atom. The first-order valence-electron chi connectivity index (χ1n) is 8.81. The first-order chi connectivity index (χ1) is 13.1. The summed E-state index contributed by atoms with van der Waals surface area (Å²) in [4.78, 5) is 17.6. The molecule has 5 heteroatoms. The highest BCUT2D eigenvalue weighted by molar-refractivity contribution is 7.16. The monoisotopic (exact) mass is 378 g/mol. The molecule has 0 aliphatic heterocycles. The van der Waals surface area contributed by atoms with E-state index in [1.165, 1.54) is 16.9 Å². The Balaban J connectivity index is 1.87. The molecule has 0 unspecified atom stereocenters. The highest BCUT2D eigenvalue weighted by atomic mass is 32.1. The lowest BCUT2D eigenvalue weighted by Crippen LogP contribution is -2.11. The molecular weight excluding hydrogens is 356 g/mol. The summed E-state index contributed by atoms with van der Waals surface area (Å²) in [6, 6.07) is 17.8. The predicted octanol–water partition coefficient (Wildman–Crippen LogP) is 4.90. The number of hydrogen-bond donors (Lipinski definition) is 1. The molecule has 3 aromatic rings. The molecule has 2 aromatic carbocycles. The van der Waals surface area contributed by atoms with Gasteiger partial charge in [0.05, 0.1) is 12.2 Å². The molecule has 0 radical (unpaired) electrons. The smallest absolute Gasteiger partial charge is 0.252 e. The molecule has 3 rings (SSSR count). The fourth-order valence-corrected chi connectivity index (χ4v) is 4.01. The minimum Gasteiger partial charge on any atom is -0.494 e. The Morgan fingerprint density at radius 1 is 1.15 bits per heavy atom. The van der Waals surface area contributed by atoms with Gasteiger partial charge in [0.2, 0.25) is 0 Å². The van der Waals surface area contributed by atoms with Crippen molar-refractivity contribution in [1.82, 2.24) is 0 Å². The van der Waals surface area contributed by atoms with E-state index in [4.69, 9.17) is 10.5 Å². The van der Waals surface area contributed by atoms with Crippen molar-refractivity contribution in [2.75, 3.05) is 6.61 Å². The lowest BCUT2D eigenvalue weighted by Gasteiger charge is -2.02. The molecule has 27 heavy (non-hydrogen) atoms. The van der Waals surface area contributed by atoms with Gasteiger partial charge in [-0.15, -0.1) is 11.3 Å². The number of aliphatic imine (C=N–C) groups is 1. The van der Waals surface area contributed by atoms with Crippen LogP contribution in [0.3, 0.4) is 0 Å². The second-order valence-electron chi connectivity index (χ2n) is 6.12. The number of carbonyl (C=O) groups excluding carboxylic acids is 1. The normalized spacial score (nSPS) is 11.0. The van der Waals surface area contributed by atoms with Crippen molar-refractivity contribution in [3.8, 4) is 5.75 Å². The molecule has 1 heterocycles. The topological polar surface area (TPSA) is 64.7 Å². The average molecular weight is 378 g/mol. The molecule has 0 fully saturated rings. The van der Waals surface area contributed by atoms with Crippen LogP contribution in [0.4, 0.5) is 5.00 Å². The second-order valence-corrected chi connectivity index (χ2v) is 7.20. The zero-order valence-electron chi connectivity index (χ0n) is 15.4. The van der Waals surface area contributed by atoms with Crippen molar-refractivity contribution in [3.63, 3.8) is 0 Å². The summed E-state index contributed by atoms with van der Waals surface area (Å²) in [5, 5.41) is 0.653. The number of nitrogens with zero attached hydrogens (tertiary/aromatic N) is 1. The molecule has 1 aromatic heterocycles. The van der Waals surface area contributed by atoms with E-state index in [1.807, 2.05) is 56.3 Å². The standard InChI is InChI=1S/C22H22N2O2S/c1-3-26-18-11-9-17(10-12-18)14-24-22-20(21(23)25)15(2)19(27-22)13-16-7-5-4-6-8-16/h4-12,14H,3,13H2,1-2H3,(H2,23,25)/b24-14+. The van der Waals surface area contributed by atoms with Gasteiger partial charge in [0.1, 0.15) is 10.8 Å². The Labute approximate surface area is 163 Å². The third-order valence-corrected chi connectivity index (χ3v) is 5.40. The molecule has 0 saturated heterocycles. The van der Waals surface area contributed by atoms with Gasteiger partial charge in [-0.05, 0) is 54.8 Å². The van der Waals surface area contributed by atoms with Crippen molar-refractivity contribution < 1.29 is 9.53 Å². The van der Waals surface area contributed by atoms with Crippen LogP contribution in [-0.2, 0) is 6.42 Å². The summed E-state index contributed by atoms with van der Waals surface area (Å²) in [6.45, 7) is 4.52. The maximum atomic E-state index is 12.0. The van der Waals surface area contributed by atoms with Gasteiger partial charge in [-0.1, -0.05) is 30.3 Å². The van der Waals surface area contributed by atoms with Crippen LogP contribution in [-0.4, -0.2) is 18.7 Å². The summed E-state index contributed by atoms with van der Waals surface area (Å²) in [5.41, 5.74) is 9.17. The largest absolute Gasteiger partial charge is 0.494 e. The highest BCUT2D eigenvalue weighted by Crippen LogP contribution is 2.36. The highest BCUT2D eigenvalue weighted by Gasteiger charge is 2.18. The van der Waals surface area contributed by atoms with Crippen molar-refractivity contribution in [1.29, 1.82) is 0 Å². The van der Waals surface area contributed by atoms with Crippen LogP contribution in [0.2, 0.25) is 0 Å². The molecule has 4 nitrogen and oxygen atoms in total. The van der Waals surface area contributed by atoms with E-state index in [2.05, 4.69) is 17.1 Å². The van der Waals surface area contributed by atoms with E-state index < -0.39 is 5.91 Å². The number of hydrogen-bond acceptors (Lipinski definition) is 4. The second kappa shape index (κ2) is 8.64. The summed E-state index contributed by atoms with van der Waals surface area (Å²) in [5.74, 6) is 0.381. The molecule has 2 N–H and O–H groups in total. The minimum atomic E-state index is -0.443. The van der Waals surface area contributed by atoms with Gasteiger partial charge in [0, 0.05) is 17.5 Å². The number of nitrogens with two attached hydrogens (primary N) is 1. The average Bonchev–Trinajstić information content (AvgIpc) is 2.98. The van der Waals surface area contributed by atoms with E-state index in [1.54, 1.807) is 6.21 Å². The van der Waals surface area contributed by atoms with Crippen molar-refractivity contribution >= 4 is 28.5 Å². The molecule has 0 spiro atoms. The lowest BCUT2D eigenvalue weighted by atomic mass is 10.1. The first kappa shape index (κ1) is 18.9. The number of primary amides is 1. The number of ether oxygens (including phenoxy) is 1. The van der Waals surface area contributed by atoms with Gasteiger partial charge in [-0.3, -0.25) is 4.79 Å². The van der Waals surface area contributed by atoms with Crippen molar-refractivity contribution in [2.24, 2.45) is 10.7 Å². The number of benzene rings is 2. The van der Waals surface area contributed by atoms with Crippen LogP contribution in [0.5, 0.6) is 5.75 Å². The van der Waals surface area contributed by atoms with Gasteiger partial charge in [-0.25, -0.2) is 4.99 Å². The summed E-state index contributed by atoms with van der Waals surface area (Å²) in [6.07, 6.45) is 2.51. The SMILES string of the molecule is CCOc1ccc(/C=N/c2sc(Cc3ccccc3)c(C)c2C(N)=O)cc1. The van der Waals surface area contributed by atoms with Gasteiger partial charge < -0.3 is 10.5 Å². The van der Waals surface area contributed by atoms with Crippen LogP contribution < -0.4 is 10.5 Å². The van der Waals surface area contributed by atoms with Crippen LogP contribution in [0.25, 0.3) is 0 Å².